The van der Waals surface area contributed by atoms with Crippen LogP contribution in [0.5, 0.6) is 0 Å². The van der Waals surface area contributed by atoms with Gasteiger partial charge in [-0.2, -0.15) is 0 Å². The highest BCUT2D eigenvalue weighted by Crippen LogP contribution is 2.28. The van der Waals surface area contributed by atoms with Gasteiger partial charge in [0.1, 0.15) is 0 Å². The van der Waals surface area contributed by atoms with Gasteiger partial charge < -0.3 is 25.2 Å². The van der Waals surface area contributed by atoms with Crippen LogP contribution >= 0.6 is 0 Å². The Balaban J connectivity index is 1.32. The number of rotatable bonds is 11. The van der Waals surface area contributed by atoms with E-state index in [4.69, 9.17) is 4.74 Å². The number of benzene rings is 2. The molecular formula is C33H47N5O3. The van der Waals surface area contributed by atoms with Crippen LogP contribution in [-0.4, -0.2) is 105 Å². The highest BCUT2D eigenvalue weighted by molar-refractivity contribution is 6.01. The van der Waals surface area contributed by atoms with E-state index >= 15 is 0 Å². The van der Waals surface area contributed by atoms with E-state index in [9.17, 15) is 9.59 Å². The van der Waals surface area contributed by atoms with Crippen LogP contribution in [0.25, 0.3) is 11.1 Å². The Morgan fingerprint density at radius 3 is 1.76 bits per heavy atom. The molecule has 3 saturated heterocycles. The third-order valence-corrected chi connectivity index (χ3v) is 8.61. The van der Waals surface area contributed by atoms with Gasteiger partial charge in [0.2, 0.25) is 0 Å². The van der Waals surface area contributed by atoms with Gasteiger partial charge >= 0.3 is 0 Å². The Morgan fingerprint density at radius 1 is 0.659 bits per heavy atom. The second-order valence-corrected chi connectivity index (χ2v) is 11.7. The normalized spacial score (nSPS) is 19.1. The molecule has 2 aromatic carbocycles. The lowest BCUT2D eigenvalue weighted by Gasteiger charge is -2.27. The van der Waals surface area contributed by atoms with Gasteiger partial charge in [-0.15, -0.1) is 0 Å². The maximum atomic E-state index is 13.4. The van der Waals surface area contributed by atoms with E-state index in [1.54, 1.807) is 6.07 Å². The van der Waals surface area contributed by atoms with Crippen molar-refractivity contribution in [3.8, 4) is 11.1 Å². The number of nitrogens with one attached hydrogen (secondary N) is 2. The molecule has 0 bridgehead atoms. The van der Waals surface area contributed by atoms with Crippen molar-refractivity contribution in [3.05, 3.63) is 59.2 Å². The Morgan fingerprint density at radius 2 is 1.20 bits per heavy atom. The van der Waals surface area contributed by atoms with E-state index in [0.29, 0.717) is 24.2 Å². The van der Waals surface area contributed by atoms with E-state index in [2.05, 4.69) is 43.5 Å². The zero-order chi connectivity index (χ0) is 28.3. The van der Waals surface area contributed by atoms with Crippen LogP contribution in [0.4, 0.5) is 0 Å². The van der Waals surface area contributed by atoms with Crippen LogP contribution in [0.15, 0.2) is 42.5 Å². The predicted octanol–water partition coefficient (Wildman–Crippen LogP) is 3.62. The summed E-state index contributed by atoms with van der Waals surface area (Å²) in [6.07, 6.45) is 7.52. The average molecular weight is 562 g/mol. The van der Waals surface area contributed by atoms with Crippen molar-refractivity contribution in [2.45, 2.75) is 45.1 Å². The van der Waals surface area contributed by atoms with Gasteiger partial charge in [-0.3, -0.25) is 14.5 Å². The molecule has 3 aliphatic heterocycles. The summed E-state index contributed by atoms with van der Waals surface area (Å²) in [5, 5.41) is 6.23. The fourth-order valence-corrected chi connectivity index (χ4v) is 6.21. The minimum atomic E-state index is -0.128. The molecule has 0 spiro atoms. The zero-order valence-electron chi connectivity index (χ0n) is 24.5. The molecule has 3 heterocycles. The smallest absolute Gasteiger partial charge is 0.251 e. The number of piperidine rings is 2. The highest BCUT2D eigenvalue weighted by atomic mass is 16.5. The molecule has 8 heteroatoms. The number of amides is 2. The van der Waals surface area contributed by atoms with Crippen LogP contribution < -0.4 is 10.6 Å². The third kappa shape index (κ3) is 8.85. The van der Waals surface area contributed by atoms with Gasteiger partial charge in [0, 0.05) is 56.9 Å². The van der Waals surface area contributed by atoms with Crippen molar-refractivity contribution in [1.82, 2.24) is 25.3 Å². The van der Waals surface area contributed by atoms with Crippen molar-refractivity contribution in [1.29, 1.82) is 0 Å². The minimum absolute atomic E-state index is 0.128. The second-order valence-electron chi connectivity index (χ2n) is 11.7. The molecule has 0 unspecified atom stereocenters. The number of hydrogen-bond acceptors (Lipinski definition) is 6. The van der Waals surface area contributed by atoms with Crippen LogP contribution in [-0.2, 0) is 11.3 Å². The van der Waals surface area contributed by atoms with Gasteiger partial charge in [-0.05, 0) is 86.8 Å². The predicted molar refractivity (Wildman–Crippen MR) is 163 cm³/mol. The molecule has 0 atom stereocenters. The molecular weight excluding hydrogens is 514 g/mol. The monoisotopic (exact) mass is 561 g/mol. The van der Waals surface area contributed by atoms with Gasteiger partial charge in [-0.1, -0.05) is 37.1 Å². The van der Waals surface area contributed by atoms with E-state index < -0.39 is 0 Å². The van der Waals surface area contributed by atoms with E-state index in [0.717, 1.165) is 83.2 Å². The fraction of sp³-hybridized carbons (Fsp3) is 0.576. The molecule has 8 nitrogen and oxygen atoms in total. The minimum Gasteiger partial charge on any atom is -0.379 e. The molecule has 2 N–H and O–H groups in total. The topological polar surface area (TPSA) is 77.2 Å². The first-order valence-electron chi connectivity index (χ1n) is 15.7. The van der Waals surface area contributed by atoms with E-state index in [1.165, 1.54) is 44.1 Å². The summed E-state index contributed by atoms with van der Waals surface area (Å²) in [5.41, 5.74) is 4.21. The molecule has 41 heavy (non-hydrogen) atoms. The first kappa shape index (κ1) is 29.7. The van der Waals surface area contributed by atoms with E-state index in [-0.39, 0.29) is 11.8 Å². The van der Waals surface area contributed by atoms with Crippen molar-refractivity contribution in [2.24, 2.45) is 0 Å². The number of likely N-dealkylation sites (tertiary alicyclic amines) is 2. The average Bonchev–Trinajstić information content (AvgIpc) is 3.02. The summed E-state index contributed by atoms with van der Waals surface area (Å²) in [4.78, 5) is 34.0. The van der Waals surface area contributed by atoms with Crippen molar-refractivity contribution in [3.63, 3.8) is 0 Å². The van der Waals surface area contributed by atoms with Crippen LogP contribution in [0.1, 0.15) is 64.8 Å². The lowest BCUT2D eigenvalue weighted by Crippen LogP contribution is -2.38. The number of carbonyl (C=O) groups is 2. The number of morpholine rings is 1. The summed E-state index contributed by atoms with van der Waals surface area (Å²) in [5.74, 6) is -0.256. The highest BCUT2D eigenvalue weighted by Gasteiger charge is 2.18. The Bertz CT molecular complexity index is 1080. The Hall–Kier alpha value is -2.78. The van der Waals surface area contributed by atoms with E-state index in [1.807, 2.05) is 18.2 Å². The summed E-state index contributed by atoms with van der Waals surface area (Å²) in [7, 11) is 0. The van der Waals surface area contributed by atoms with Crippen molar-refractivity contribution < 1.29 is 14.3 Å². The summed E-state index contributed by atoms with van der Waals surface area (Å²) < 4.78 is 5.54. The van der Waals surface area contributed by atoms with Gasteiger partial charge in [0.05, 0.1) is 13.2 Å². The largest absolute Gasteiger partial charge is 0.379 e. The summed E-state index contributed by atoms with van der Waals surface area (Å²) in [6, 6.07) is 14.0. The van der Waals surface area contributed by atoms with Crippen LogP contribution in [0.2, 0.25) is 0 Å². The molecule has 0 aromatic heterocycles. The standard InChI is InChI=1S/C33H47N5O3/c39-32(34-11-17-36-13-5-1-6-14-36)29-23-28(31-10-4-3-9-27(31)26-38-19-21-41-22-20-38)24-30(25-29)33(40)35-12-18-37-15-7-2-8-16-37/h3-4,9-10,23-25H,1-2,5-8,11-22,26H2,(H,34,39)(H,35,40). The Labute approximate surface area is 245 Å². The van der Waals surface area contributed by atoms with Gasteiger partial charge in [-0.25, -0.2) is 0 Å². The molecule has 5 rings (SSSR count). The molecule has 0 aliphatic carbocycles. The maximum absolute atomic E-state index is 13.4. The molecule has 222 valence electrons. The summed E-state index contributed by atoms with van der Waals surface area (Å²) >= 11 is 0. The molecule has 3 aliphatic rings. The third-order valence-electron chi connectivity index (χ3n) is 8.61. The lowest BCUT2D eigenvalue weighted by molar-refractivity contribution is 0.0342. The maximum Gasteiger partial charge on any atom is 0.251 e. The fourth-order valence-electron chi connectivity index (χ4n) is 6.21. The number of ether oxygens (including phenoxy) is 1. The Kier molecular flexibility index (Phi) is 11.2. The lowest BCUT2D eigenvalue weighted by atomic mass is 9.95. The second kappa shape index (κ2) is 15.4. The molecule has 2 amide bonds. The first-order chi connectivity index (χ1) is 20.2. The number of hydrogen-bond donors (Lipinski definition) is 2. The van der Waals surface area contributed by atoms with Crippen molar-refractivity contribution >= 4 is 11.8 Å². The molecule has 2 aromatic rings. The van der Waals surface area contributed by atoms with Crippen LogP contribution in [0, 0.1) is 0 Å². The quantitative estimate of drug-likeness (QED) is 0.437. The molecule has 0 radical (unpaired) electrons. The van der Waals surface area contributed by atoms with Gasteiger partial charge in [0.15, 0.2) is 0 Å². The SMILES string of the molecule is O=C(NCCN1CCCCC1)c1cc(C(=O)NCCN2CCCCC2)cc(-c2ccccc2CN2CCOCC2)c1. The van der Waals surface area contributed by atoms with Crippen molar-refractivity contribution in [2.75, 3.05) is 78.7 Å². The molecule has 3 fully saturated rings. The van der Waals surface area contributed by atoms with Crippen LogP contribution in [0.3, 0.4) is 0 Å². The number of carbonyl (C=O) groups excluding carboxylic acids is 2. The number of nitrogens with zero attached hydrogens (tertiary/aromatic N) is 3. The zero-order valence-corrected chi connectivity index (χ0v) is 24.5. The first-order valence-corrected chi connectivity index (χ1v) is 15.7. The van der Waals surface area contributed by atoms with Gasteiger partial charge in [0.25, 0.3) is 11.8 Å². The molecule has 0 saturated carbocycles. The summed E-state index contributed by atoms with van der Waals surface area (Å²) in [6.45, 7) is 11.5.